The zero-order chi connectivity index (χ0) is 17.7. The molecule has 0 bridgehead atoms. The number of piperidine rings is 1. The molecule has 25 heavy (non-hydrogen) atoms. The summed E-state index contributed by atoms with van der Waals surface area (Å²) < 4.78 is 0. The van der Waals surface area contributed by atoms with E-state index in [0.717, 1.165) is 31.5 Å². The Morgan fingerprint density at radius 2 is 1.60 bits per heavy atom. The number of aryl methyl sites for hydroxylation is 1. The third-order valence-electron chi connectivity index (χ3n) is 5.17. The minimum Gasteiger partial charge on any atom is -0.508 e. The highest BCUT2D eigenvalue weighted by Gasteiger charge is 2.34. The van der Waals surface area contributed by atoms with Crippen molar-refractivity contribution in [1.82, 2.24) is 4.90 Å². The van der Waals surface area contributed by atoms with Gasteiger partial charge in [0.2, 0.25) is 0 Å². The van der Waals surface area contributed by atoms with E-state index in [9.17, 15) is 15.3 Å². The van der Waals surface area contributed by atoms with Crippen LogP contribution in [0.2, 0.25) is 0 Å². The van der Waals surface area contributed by atoms with Crippen LogP contribution in [-0.2, 0) is 12.0 Å². The van der Waals surface area contributed by atoms with Crippen molar-refractivity contribution in [2.45, 2.75) is 37.4 Å². The Morgan fingerprint density at radius 1 is 0.960 bits per heavy atom. The number of nitrogens with zero attached hydrogens (tertiary/aromatic N) is 1. The van der Waals surface area contributed by atoms with Gasteiger partial charge in [-0.05, 0) is 48.9 Å². The quantitative estimate of drug-likeness (QED) is 0.756. The van der Waals surface area contributed by atoms with Crippen molar-refractivity contribution < 1.29 is 15.3 Å². The van der Waals surface area contributed by atoms with Gasteiger partial charge in [-0.15, -0.1) is 0 Å². The number of benzene rings is 2. The van der Waals surface area contributed by atoms with Crippen LogP contribution in [0.1, 0.15) is 30.4 Å². The number of phenols is 1. The molecule has 1 aliphatic heterocycles. The van der Waals surface area contributed by atoms with E-state index in [4.69, 9.17) is 0 Å². The van der Waals surface area contributed by atoms with E-state index in [1.807, 2.05) is 18.2 Å². The first kappa shape index (κ1) is 17.9. The molecule has 0 amide bonds. The fourth-order valence-corrected chi connectivity index (χ4v) is 3.53. The van der Waals surface area contributed by atoms with Gasteiger partial charge in [0.25, 0.3) is 0 Å². The molecular weight excluding hydrogens is 314 g/mol. The van der Waals surface area contributed by atoms with Crippen molar-refractivity contribution in [2.24, 2.45) is 0 Å². The number of aliphatic hydroxyl groups is 2. The molecule has 3 rings (SSSR count). The van der Waals surface area contributed by atoms with Crippen molar-refractivity contribution in [3.05, 3.63) is 65.7 Å². The van der Waals surface area contributed by atoms with E-state index in [1.165, 1.54) is 5.56 Å². The van der Waals surface area contributed by atoms with Crippen molar-refractivity contribution in [1.29, 1.82) is 0 Å². The maximum Gasteiger partial charge on any atom is 0.115 e. The first-order valence-corrected chi connectivity index (χ1v) is 9.01. The Morgan fingerprint density at radius 3 is 2.24 bits per heavy atom. The highest BCUT2D eigenvalue weighted by atomic mass is 16.3. The van der Waals surface area contributed by atoms with Crippen LogP contribution in [0.25, 0.3) is 0 Å². The largest absolute Gasteiger partial charge is 0.508 e. The number of hydrogen-bond donors (Lipinski definition) is 3. The SMILES string of the molecule is Oc1ccc(C2(O)CCN(CC(O)CCc3ccccc3)CC2)cc1. The first-order chi connectivity index (χ1) is 12.0. The summed E-state index contributed by atoms with van der Waals surface area (Å²) in [4.78, 5) is 2.23. The van der Waals surface area contributed by atoms with Gasteiger partial charge in [0.05, 0.1) is 11.7 Å². The molecule has 3 N–H and O–H groups in total. The molecule has 1 atom stereocenters. The minimum atomic E-state index is -0.834. The number of aromatic hydroxyl groups is 1. The molecule has 1 unspecified atom stereocenters. The second-order valence-corrected chi connectivity index (χ2v) is 7.06. The van der Waals surface area contributed by atoms with Crippen LogP contribution >= 0.6 is 0 Å². The van der Waals surface area contributed by atoms with Gasteiger partial charge in [-0.1, -0.05) is 42.5 Å². The fourth-order valence-electron chi connectivity index (χ4n) is 3.53. The number of β-amino-alcohol motifs (C(OH)–C–C–N with tert-alkyl or cyclic N) is 1. The summed E-state index contributed by atoms with van der Waals surface area (Å²) in [6, 6.07) is 17.0. The third-order valence-corrected chi connectivity index (χ3v) is 5.17. The van der Waals surface area contributed by atoms with Gasteiger partial charge in [-0.3, -0.25) is 0 Å². The Balaban J connectivity index is 1.46. The topological polar surface area (TPSA) is 63.9 Å². The molecule has 2 aromatic rings. The molecule has 2 aromatic carbocycles. The maximum atomic E-state index is 10.9. The van der Waals surface area contributed by atoms with E-state index in [1.54, 1.807) is 24.3 Å². The number of likely N-dealkylation sites (tertiary alicyclic amines) is 1. The molecule has 0 spiro atoms. The molecule has 4 nitrogen and oxygen atoms in total. The predicted molar refractivity (Wildman–Crippen MR) is 98.4 cm³/mol. The van der Waals surface area contributed by atoms with Gasteiger partial charge in [0, 0.05) is 19.6 Å². The summed E-state index contributed by atoms with van der Waals surface area (Å²) in [5.41, 5.74) is 1.27. The lowest BCUT2D eigenvalue weighted by Gasteiger charge is -2.39. The second-order valence-electron chi connectivity index (χ2n) is 7.06. The number of phenolic OH excluding ortho intramolecular Hbond substituents is 1. The molecule has 0 aliphatic carbocycles. The predicted octanol–water partition coefficient (Wildman–Crippen LogP) is 2.67. The minimum absolute atomic E-state index is 0.214. The summed E-state index contributed by atoms with van der Waals surface area (Å²) in [6.45, 7) is 2.18. The Bertz CT molecular complexity index is 649. The lowest BCUT2D eigenvalue weighted by molar-refractivity contribution is -0.0347. The van der Waals surface area contributed by atoms with Crippen molar-refractivity contribution in [3.8, 4) is 5.75 Å². The molecule has 1 heterocycles. The molecule has 4 heteroatoms. The lowest BCUT2D eigenvalue weighted by Crippen LogP contribution is -2.45. The second kappa shape index (κ2) is 8.00. The van der Waals surface area contributed by atoms with Gasteiger partial charge in [-0.2, -0.15) is 0 Å². The summed E-state index contributed by atoms with van der Waals surface area (Å²) >= 11 is 0. The molecule has 1 saturated heterocycles. The summed E-state index contributed by atoms with van der Waals surface area (Å²) in [5.74, 6) is 0.214. The van der Waals surface area contributed by atoms with Gasteiger partial charge >= 0.3 is 0 Å². The third kappa shape index (κ3) is 4.82. The van der Waals surface area contributed by atoms with Gasteiger partial charge < -0.3 is 20.2 Å². The van der Waals surface area contributed by atoms with E-state index in [2.05, 4.69) is 17.0 Å². The summed E-state index contributed by atoms with van der Waals surface area (Å²) in [5, 5.41) is 30.6. The standard InChI is InChI=1S/C21H27NO3/c23-19-10-7-18(8-11-19)21(25)12-14-22(15-13-21)16-20(24)9-6-17-4-2-1-3-5-17/h1-5,7-8,10-11,20,23-25H,6,9,12-16H2. The number of hydrogen-bond acceptors (Lipinski definition) is 4. The number of rotatable bonds is 6. The van der Waals surface area contributed by atoms with Crippen molar-refractivity contribution >= 4 is 0 Å². The summed E-state index contributed by atoms with van der Waals surface area (Å²) in [7, 11) is 0. The van der Waals surface area contributed by atoms with Gasteiger partial charge in [0.1, 0.15) is 5.75 Å². The molecular formula is C21H27NO3. The van der Waals surface area contributed by atoms with Crippen LogP contribution in [0.3, 0.4) is 0 Å². The van der Waals surface area contributed by atoms with E-state index >= 15 is 0 Å². The van der Waals surface area contributed by atoms with Gasteiger partial charge in [-0.25, -0.2) is 0 Å². The molecule has 0 saturated carbocycles. The molecule has 0 aromatic heterocycles. The van der Waals surface area contributed by atoms with E-state index < -0.39 is 5.60 Å². The average molecular weight is 341 g/mol. The smallest absolute Gasteiger partial charge is 0.115 e. The van der Waals surface area contributed by atoms with Crippen molar-refractivity contribution in [3.63, 3.8) is 0 Å². The Labute approximate surface area is 149 Å². The molecule has 1 fully saturated rings. The van der Waals surface area contributed by atoms with Crippen molar-refractivity contribution in [2.75, 3.05) is 19.6 Å². The highest BCUT2D eigenvalue weighted by molar-refractivity contribution is 5.30. The maximum absolute atomic E-state index is 10.9. The van der Waals surface area contributed by atoms with Crippen LogP contribution in [-0.4, -0.2) is 46.0 Å². The Kier molecular flexibility index (Phi) is 5.74. The molecule has 0 radical (unpaired) electrons. The van der Waals surface area contributed by atoms with E-state index in [-0.39, 0.29) is 11.9 Å². The van der Waals surface area contributed by atoms with Crippen LogP contribution < -0.4 is 0 Å². The summed E-state index contributed by atoms with van der Waals surface area (Å²) in [6.07, 6.45) is 2.57. The fraction of sp³-hybridized carbons (Fsp3) is 0.429. The zero-order valence-corrected chi connectivity index (χ0v) is 14.5. The molecule has 134 valence electrons. The van der Waals surface area contributed by atoms with Crippen LogP contribution in [0.15, 0.2) is 54.6 Å². The van der Waals surface area contributed by atoms with Crippen LogP contribution in [0.4, 0.5) is 0 Å². The number of aliphatic hydroxyl groups excluding tert-OH is 1. The first-order valence-electron chi connectivity index (χ1n) is 9.01. The van der Waals surface area contributed by atoms with Gasteiger partial charge in [0.15, 0.2) is 0 Å². The molecule has 1 aliphatic rings. The lowest BCUT2D eigenvalue weighted by atomic mass is 9.84. The Hall–Kier alpha value is -1.88. The monoisotopic (exact) mass is 341 g/mol. The van der Waals surface area contributed by atoms with Crippen LogP contribution in [0.5, 0.6) is 5.75 Å². The normalized spacial score (nSPS) is 18.8. The average Bonchev–Trinajstić information content (AvgIpc) is 2.63. The highest BCUT2D eigenvalue weighted by Crippen LogP contribution is 2.33. The van der Waals surface area contributed by atoms with Crippen LogP contribution in [0, 0.1) is 0 Å². The van der Waals surface area contributed by atoms with E-state index in [0.29, 0.717) is 19.4 Å². The zero-order valence-electron chi connectivity index (χ0n) is 14.5.